The van der Waals surface area contributed by atoms with Crippen LogP contribution in [0.5, 0.6) is 0 Å². The summed E-state index contributed by atoms with van der Waals surface area (Å²) in [5, 5.41) is 0.724. The summed E-state index contributed by atoms with van der Waals surface area (Å²) in [5.41, 5.74) is 2.69. The van der Waals surface area contributed by atoms with Crippen LogP contribution in [0.25, 0.3) is 10.2 Å². The van der Waals surface area contributed by atoms with Gasteiger partial charge in [-0.15, -0.1) is 11.8 Å². The summed E-state index contributed by atoms with van der Waals surface area (Å²) in [5.74, 6) is -0.0296. The number of thiazole rings is 1. The summed E-state index contributed by atoms with van der Waals surface area (Å²) in [6.07, 6.45) is 2.06. The number of benzene rings is 3. The molecule has 0 fully saturated rings. The number of anilines is 1. The van der Waals surface area contributed by atoms with Gasteiger partial charge in [0.2, 0.25) is 0 Å². The van der Waals surface area contributed by atoms with Gasteiger partial charge in [-0.1, -0.05) is 53.8 Å². The van der Waals surface area contributed by atoms with Crippen LogP contribution in [0.1, 0.15) is 15.9 Å². The monoisotopic (exact) mass is 516 g/mol. The predicted octanol–water partition coefficient (Wildman–Crippen LogP) is 6.47. The minimum Gasteiger partial charge on any atom is -0.279 e. The highest BCUT2D eigenvalue weighted by molar-refractivity contribution is 14.1. The van der Waals surface area contributed by atoms with Crippen LogP contribution in [-0.4, -0.2) is 17.1 Å². The fourth-order valence-corrected chi connectivity index (χ4v) is 5.04. The molecule has 0 aliphatic carbocycles. The first-order chi connectivity index (χ1) is 13.7. The van der Waals surface area contributed by atoms with E-state index in [1.807, 2.05) is 60.7 Å². The number of hydrogen-bond acceptors (Lipinski definition) is 4. The van der Waals surface area contributed by atoms with Crippen LogP contribution in [0.3, 0.4) is 0 Å². The molecule has 1 amide bonds. The molecule has 0 saturated heterocycles. The molecule has 28 heavy (non-hydrogen) atoms. The molecule has 1 aromatic heterocycles. The van der Waals surface area contributed by atoms with Gasteiger partial charge in [0.1, 0.15) is 0 Å². The van der Waals surface area contributed by atoms with E-state index in [9.17, 15) is 4.79 Å². The van der Waals surface area contributed by atoms with Crippen LogP contribution in [-0.2, 0) is 6.54 Å². The number of hydrogen-bond donors (Lipinski definition) is 0. The van der Waals surface area contributed by atoms with Crippen molar-refractivity contribution in [2.45, 2.75) is 11.4 Å². The van der Waals surface area contributed by atoms with Gasteiger partial charge in [-0.2, -0.15) is 0 Å². The Hall–Kier alpha value is -1.90. The average Bonchev–Trinajstić information content (AvgIpc) is 3.15. The summed E-state index contributed by atoms with van der Waals surface area (Å²) in [4.78, 5) is 21.2. The Kier molecular flexibility index (Phi) is 5.99. The third-order valence-electron chi connectivity index (χ3n) is 4.35. The topological polar surface area (TPSA) is 33.2 Å². The maximum atomic E-state index is 13.5. The van der Waals surface area contributed by atoms with Gasteiger partial charge in [0.25, 0.3) is 5.91 Å². The summed E-state index contributed by atoms with van der Waals surface area (Å²) in [7, 11) is 0. The third kappa shape index (κ3) is 4.09. The number of fused-ring (bicyclic) bond motifs is 1. The fraction of sp³-hybridized carbons (Fsp3) is 0.0909. The van der Waals surface area contributed by atoms with Crippen molar-refractivity contribution in [1.29, 1.82) is 0 Å². The van der Waals surface area contributed by atoms with E-state index < -0.39 is 0 Å². The second kappa shape index (κ2) is 8.63. The third-order valence-corrected chi connectivity index (χ3v) is 7.06. The first-order valence-corrected chi connectivity index (χ1v) is 11.8. The van der Waals surface area contributed by atoms with Crippen molar-refractivity contribution < 1.29 is 4.79 Å². The Bertz CT molecular complexity index is 1130. The van der Waals surface area contributed by atoms with Gasteiger partial charge in [0, 0.05) is 8.47 Å². The number of nitrogens with zero attached hydrogens (tertiary/aromatic N) is 2. The van der Waals surface area contributed by atoms with Crippen LogP contribution in [0.15, 0.2) is 77.7 Å². The maximum absolute atomic E-state index is 13.5. The van der Waals surface area contributed by atoms with Crippen molar-refractivity contribution in [3.8, 4) is 0 Å². The molecule has 0 N–H and O–H groups in total. The molecule has 4 aromatic rings. The summed E-state index contributed by atoms with van der Waals surface area (Å²) in [6, 6.07) is 24.0. The highest BCUT2D eigenvalue weighted by Gasteiger charge is 2.23. The van der Waals surface area contributed by atoms with Crippen LogP contribution >= 0.6 is 45.7 Å². The number of thioether (sulfide) groups is 1. The highest BCUT2D eigenvalue weighted by atomic mass is 127. The van der Waals surface area contributed by atoms with E-state index >= 15 is 0 Å². The summed E-state index contributed by atoms with van der Waals surface area (Å²) in [6.45, 7) is 0.486. The number of halogens is 1. The van der Waals surface area contributed by atoms with Crippen molar-refractivity contribution in [2.75, 3.05) is 11.2 Å². The first-order valence-electron chi connectivity index (χ1n) is 8.70. The van der Waals surface area contributed by atoms with Crippen LogP contribution in [0.2, 0.25) is 0 Å². The molecule has 0 unspecified atom stereocenters. The Balaban J connectivity index is 1.78. The predicted molar refractivity (Wildman–Crippen MR) is 128 cm³/mol. The molecule has 4 rings (SSSR count). The van der Waals surface area contributed by atoms with Gasteiger partial charge in [-0.3, -0.25) is 9.69 Å². The molecule has 3 nitrogen and oxygen atoms in total. The largest absolute Gasteiger partial charge is 0.279 e. The van der Waals surface area contributed by atoms with Gasteiger partial charge in [-0.25, -0.2) is 4.98 Å². The molecular formula is C22H17IN2OS2. The van der Waals surface area contributed by atoms with Gasteiger partial charge >= 0.3 is 0 Å². The zero-order valence-electron chi connectivity index (χ0n) is 15.1. The molecule has 0 bridgehead atoms. The van der Waals surface area contributed by atoms with E-state index in [1.54, 1.807) is 28.0 Å². The summed E-state index contributed by atoms with van der Waals surface area (Å²) < 4.78 is 2.03. The van der Waals surface area contributed by atoms with E-state index in [2.05, 4.69) is 41.0 Å². The van der Waals surface area contributed by atoms with Gasteiger partial charge < -0.3 is 0 Å². The highest BCUT2D eigenvalue weighted by Crippen LogP contribution is 2.33. The standard InChI is InChI=1S/C22H17IN2OS2/c1-27-16-11-12-19-20(13-16)28-22(24-19)25(14-15-7-3-2-4-8-15)21(26)17-9-5-6-10-18(17)23/h2-13H,14H2,1H3. The number of carbonyl (C=O) groups is 1. The quantitative estimate of drug-likeness (QED) is 0.225. The van der Waals surface area contributed by atoms with Crippen molar-refractivity contribution in [1.82, 2.24) is 4.98 Å². The van der Waals surface area contributed by atoms with Crippen molar-refractivity contribution in [3.63, 3.8) is 0 Å². The van der Waals surface area contributed by atoms with Crippen LogP contribution in [0.4, 0.5) is 5.13 Å². The Morgan fingerprint density at radius 1 is 1.07 bits per heavy atom. The molecule has 0 spiro atoms. The second-order valence-electron chi connectivity index (χ2n) is 6.19. The number of amides is 1. The van der Waals surface area contributed by atoms with E-state index in [0.717, 1.165) is 24.5 Å². The molecule has 6 heteroatoms. The normalized spacial score (nSPS) is 10.9. The summed E-state index contributed by atoms with van der Waals surface area (Å²) >= 11 is 5.48. The number of aromatic nitrogens is 1. The average molecular weight is 516 g/mol. The lowest BCUT2D eigenvalue weighted by molar-refractivity contribution is 0.0984. The lowest BCUT2D eigenvalue weighted by Gasteiger charge is -2.20. The molecular weight excluding hydrogens is 499 g/mol. The molecule has 140 valence electrons. The van der Waals surface area contributed by atoms with Crippen molar-refractivity contribution in [3.05, 3.63) is 87.5 Å². The first kappa shape index (κ1) is 19.4. The zero-order valence-corrected chi connectivity index (χ0v) is 18.9. The molecule has 0 radical (unpaired) electrons. The molecule has 3 aromatic carbocycles. The Labute approximate surface area is 185 Å². The van der Waals surface area contributed by atoms with E-state index in [4.69, 9.17) is 4.98 Å². The zero-order chi connectivity index (χ0) is 19.5. The smallest absolute Gasteiger partial charge is 0.261 e. The molecule has 0 atom stereocenters. The van der Waals surface area contributed by atoms with Crippen molar-refractivity contribution >= 4 is 66.9 Å². The Morgan fingerprint density at radius 3 is 2.57 bits per heavy atom. The van der Waals surface area contributed by atoms with Gasteiger partial charge in [0.15, 0.2) is 5.13 Å². The van der Waals surface area contributed by atoms with Gasteiger partial charge in [0.05, 0.1) is 22.3 Å². The lowest BCUT2D eigenvalue weighted by Crippen LogP contribution is -2.30. The molecule has 1 heterocycles. The molecule has 0 aliphatic heterocycles. The minimum absolute atomic E-state index is 0.0296. The van der Waals surface area contributed by atoms with Crippen LogP contribution in [0, 0.1) is 3.57 Å². The van der Waals surface area contributed by atoms with Gasteiger partial charge in [-0.05, 0) is 64.7 Å². The van der Waals surface area contributed by atoms with E-state index in [-0.39, 0.29) is 5.91 Å². The van der Waals surface area contributed by atoms with E-state index in [1.165, 1.54) is 4.90 Å². The minimum atomic E-state index is -0.0296. The number of carbonyl (C=O) groups excluding carboxylic acids is 1. The second-order valence-corrected chi connectivity index (χ2v) is 9.24. The lowest BCUT2D eigenvalue weighted by atomic mass is 10.1. The Morgan fingerprint density at radius 2 is 1.82 bits per heavy atom. The maximum Gasteiger partial charge on any atom is 0.261 e. The number of rotatable bonds is 5. The SMILES string of the molecule is CSc1ccc2nc(N(Cc3ccccc3)C(=O)c3ccccc3I)sc2c1. The molecule has 0 saturated carbocycles. The van der Waals surface area contributed by atoms with Crippen LogP contribution < -0.4 is 4.90 Å². The molecule has 0 aliphatic rings. The van der Waals surface area contributed by atoms with Crippen molar-refractivity contribution in [2.24, 2.45) is 0 Å². The fourth-order valence-electron chi connectivity index (χ4n) is 2.91. The van der Waals surface area contributed by atoms with E-state index in [0.29, 0.717) is 12.1 Å².